The van der Waals surface area contributed by atoms with Gasteiger partial charge in [-0.2, -0.15) is 13.2 Å². The lowest BCUT2D eigenvalue weighted by Gasteiger charge is -2.40. The molecule has 0 aromatic rings. The van der Waals surface area contributed by atoms with Crippen LogP contribution in [0.1, 0.15) is 33.1 Å². The van der Waals surface area contributed by atoms with Gasteiger partial charge in [0.15, 0.2) is 0 Å². The van der Waals surface area contributed by atoms with Gasteiger partial charge in [-0.3, -0.25) is 4.90 Å². The van der Waals surface area contributed by atoms with Crippen molar-refractivity contribution in [2.75, 3.05) is 19.6 Å². The van der Waals surface area contributed by atoms with E-state index >= 15 is 0 Å². The van der Waals surface area contributed by atoms with E-state index in [9.17, 15) is 13.2 Å². The van der Waals surface area contributed by atoms with Gasteiger partial charge >= 0.3 is 6.18 Å². The summed E-state index contributed by atoms with van der Waals surface area (Å²) in [5, 5.41) is 3.32. The highest BCUT2D eigenvalue weighted by Crippen LogP contribution is 2.53. The quantitative estimate of drug-likeness (QED) is 0.827. The van der Waals surface area contributed by atoms with Crippen molar-refractivity contribution in [1.82, 2.24) is 10.2 Å². The van der Waals surface area contributed by atoms with Gasteiger partial charge in [-0.25, -0.2) is 0 Å². The van der Waals surface area contributed by atoms with Crippen molar-refractivity contribution >= 4 is 0 Å². The predicted molar refractivity (Wildman–Crippen MR) is 60.8 cm³/mol. The SMILES string of the molecule is CC(C)CC1CN(C2(C(F)(F)F)CC2)CCN1. The summed E-state index contributed by atoms with van der Waals surface area (Å²) in [7, 11) is 0. The maximum Gasteiger partial charge on any atom is 0.406 e. The van der Waals surface area contributed by atoms with Crippen LogP contribution < -0.4 is 5.32 Å². The van der Waals surface area contributed by atoms with E-state index in [2.05, 4.69) is 19.2 Å². The van der Waals surface area contributed by atoms with Crippen LogP contribution in [-0.2, 0) is 0 Å². The third-order valence-corrected chi connectivity index (χ3v) is 3.87. The van der Waals surface area contributed by atoms with Crippen LogP contribution in [-0.4, -0.2) is 42.3 Å². The summed E-state index contributed by atoms with van der Waals surface area (Å²) in [6.45, 7) is 5.95. The molecule has 0 aromatic heterocycles. The Morgan fingerprint density at radius 2 is 2.00 bits per heavy atom. The monoisotopic (exact) mass is 250 g/mol. The Morgan fingerprint density at radius 3 is 2.47 bits per heavy atom. The standard InChI is InChI=1S/C12H21F3N2/c1-9(2)7-10-8-17(6-5-16-10)11(3-4-11)12(13,14)15/h9-10,16H,3-8H2,1-2H3. The first-order valence-electron chi connectivity index (χ1n) is 6.40. The van der Waals surface area contributed by atoms with Crippen molar-refractivity contribution < 1.29 is 13.2 Å². The number of halogens is 3. The summed E-state index contributed by atoms with van der Waals surface area (Å²) in [5.41, 5.74) is -1.48. The third kappa shape index (κ3) is 2.60. The molecule has 1 heterocycles. The van der Waals surface area contributed by atoms with Crippen LogP contribution in [0.4, 0.5) is 13.2 Å². The molecule has 1 saturated heterocycles. The summed E-state index contributed by atoms with van der Waals surface area (Å²) >= 11 is 0. The Labute approximate surface area is 101 Å². The Balaban J connectivity index is 1.98. The maximum atomic E-state index is 13.0. The highest BCUT2D eigenvalue weighted by Gasteiger charge is 2.66. The third-order valence-electron chi connectivity index (χ3n) is 3.87. The molecule has 1 aliphatic carbocycles. The summed E-state index contributed by atoms with van der Waals surface area (Å²) in [4.78, 5) is 1.66. The van der Waals surface area contributed by atoms with Gasteiger partial charge in [0.05, 0.1) is 0 Å². The number of hydrogen-bond donors (Lipinski definition) is 1. The van der Waals surface area contributed by atoms with Gasteiger partial charge in [-0.1, -0.05) is 13.8 Å². The molecule has 0 bridgehead atoms. The normalized spacial score (nSPS) is 29.6. The van der Waals surface area contributed by atoms with Gasteiger partial charge in [0.2, 0.25) is 0 Å². The fourth-order valence-electron chi connectivity index (χ4n) is 2.84. The molecule has 100 valence electrons. The molecule has 2 aliphatic rings. The van der Waals surface area contributed by atoms with Crippen molar-refractivity contribution in [2.45, 2.75) is 50.9 Å². The van der Waals surface area contributed by atoms with Gasteiger partial charge < -0.3 is 5.32 Å². The average molecular weight is 250 g/mol. The minimum Gasteiger partial charge on any atom is -0.311 e. The maximum absolute atomic E-state index is 13.0. The number of alkyl halides is 3. The molecular formula is C12H21F3N2. The predicted octanol–water partition coefficient (Wildman–Crippen LogP) is 2.40. The van der Waals surface area contributed by atoms with Crippen LogP contribution in [0.15, 0.2) is 0 Å². The summed E-state index contributed by atoms with van der Waals surface area (Å²) < 4.78 is 39.0. The fourth-order valence-corrected chi connectivity index (χ4v) is 2.84. The molecule has 2 rings (SSSR count). The number of nitrogens with one attached hydrogen (secondary N) is 1. The lowest BCUT2D eigenvalue weighted by atomic mass is 10.0. The zero-order valence-corrected chi connectivity index (χ0v) is 10.5. The van der Waals surface area contributed by atoms with E-state index in [-0.39, 0.29) is 18.9 Å². The average Bonchev–Trinajstić information content (AvgIpc) is 2.96. The van der Waals surface area contributed by atoms with Crippen molar-refractivity contribution in [2.24, 2.45) is 5.92 Å². The fraction of sp³-hybridized carbons (Fsp3) is 1.00. The second-order valence-electron chi connectivity index (χ2n) is 5.76. The van der Waals surface area contributed by atoms with Gasteiger partial charge in [0.25, 0.3) is 0 Å². The highest BCUT2D eigenvalue weighted by atomic mass is 19.4. The van der Waals surface area contributed by atoms with E-state index in [0.29, 0.717) is 25.6 Å². The molecule has 1 atom stereocenters. The van der Waals surface area contributed by atoms with E-state index < -0.39 is 11.7 Å². The van der Waals surface area contributed by atoms with E-state index in [1.165, 1.54) is 0 Å². The second kappa shape index (κ2) is 4.43. The number of hydrogen-bond acceptors (Lipinski definition) is 2. The minimum atomic E-state index is -4.06. The summed E-state index contributed by atoms with van der Waals surface area (Å²) in [6, 6.07) is 0.212. The topological polar surface area (TPSA) is 15.3 Å². The van der Waals surface area contributed by atoms with E-state index in [1.54, 1.807) is 4.90 Å². The second-order valence-corrected chi connectivity index (χ2v) is 5.76. The molecule has 1 aliphatic heterocycles. The first-order valence-corrected chi connectivity index (χ1v) is 6.40. The van der Waals surface area contributed by atoms with E-state index in [0.717, 1.165) is 6.42 Å². The number of rotatable bonds is 3. The summed E-state index contributed by atoms with van der Waals surface area (Å²) in [6.07, 6.45) is -2.55. The van der Waals surface area contributed by atoms with Crippen LogP contribution in [0.3, 0.4) is 0 Å². The molecular weight excluding hydrogens is 229 g/mol. The molecule has 2 fully saturated rings. The lowest BCUT2D eigenvalue weighted by Crippen LogP contribution is -2.59. The van der Waals surface area contributed by atoms with Gasteiger partial charge in [0, 0.05) is 25.7 Å². The molecule has 0 aromatic carbocycles. The molecule has 1 unspecified atom stereocenters. The Hall–Kier alpha value is -0.290. The molecule has 0 spiro atoms. The Bertz CT molecular complexity index is 271. The molecule has 2 nitrogen and oxygen atoms in total. The Morgan fingerprint density at radius 1 is 1.35 bits per heavy atom. The van der Waals surface area contributed by atoms with Crippen molar-refractivity contribution in [3.63, 3.8) is 0 Å². The molecule has 1 N–H and O–H groups in total. The van der Waals surface area contributed by atoms with Crippen LogP contribution in [0.25, 0.3) is 0 Å². The highest BCUT2D eigenvalue weighted by molar-refractivity contribution is 5.10. The first kappa shape index (κ1) is 13.1. The Kier molecular flexibility index (Phi) is 3.42. The summed E-state index contributed by atoms with van der Waals surface area (Å²) in [5.74, 6) is 0.522. The van der Waals surface area contributed by atoms with Crippen LogP contribution in [0.2, 0.25) is 0 Å². The van der Waals surface area contributed by atoms with Crippen LogP contribution in [0, 0.1) is 5.92 Å². The molecule has 0 amide bonds. The number of nitrogens with zero attached hydrogens (tertiary/aromatic N) is 1. The van der Waals surface area contributed by atoms with Gasteiger partial charge in [0.1, 0.15) is 5.54 Å². The number of piperazine rings is 1. The van der Waals surface area contributed by atoms with Gasteiger partial charge in [-0.15, -0.1) is 0 Å². The minimum absolute atomic E-state index is 0.212. The molecule has 1 saturated carbocycles. The molecule has 17 heavy (non-hydrogen) atoms. The van der Waals surface area contributed by atoms with Crippen molar-refractivity contribution in [3.8, 4) is 0 Å². The molecule has 0 radical (unpaired) electrons. The van der Waals surface area contributed by atoms with Crippen LogP contribution in [0.5, 0.6) is 0 Å². The van der Waals surface area contributed by atoms with Gasteiger partial charge in [-0.05, 0) is 25.2 Å². The largest absolute Gasteiger partial charge is 0.406 e. The van der Waals surface area contributed by atoms with Crippen molar-refractivity contribution in [3.05, 3.63) is 0 Å². The lowest BCUT2D eigenvalue weighted by molar-refractivity contribution is -0.199. The zero-order valence-electron chi connectivity index (χ0n) is 10.5. The first-order chi connectivity index (χ1) is 7.85. The smallest absolute Gasteiger partial charge is 0.311 e. The van der Waals surface area contributed by atoms with E-state index in [4.69, 9.17) is 0 Å². The van der Waals surface area contributed by atoms with Crippen molar-refractivity contribution in [1.29, 1.82) is 0 Å². The van der Waals surface area contributed by atoms with Crippen LogP contribution >= 0.6 is 0 Å². The zero-order chi connectivity index (χ0) is 12.7. The molecule has 5 heteroatoms. The van der Waals surface area contributed by atoms with E-state index in [1.807, 2.05) is 0 Å².